The van der Waals surface area contributed by atoms with Crippen molar-refractivity contribution in [3.63, 3.8) is 0 Å². The van der Waals surface area contributed by atoms with Gasteiger partial charge in [0.15, 0.2) is 16.3 Å². The number of methoxy groups -OCH3 is 2. The maximum absolute atomic E-state index is 14.1. The number of ether oxygens (including phenoxy) is 6. The van der Waals surface area contributed by atoms with Gasteiger partial charge in [-0.05, 0) is 55.3 Å². The highest BCUT2D eigenvalue weighted by Crippen LogP contribution is 2.34. The van der Waals surface area contributed by atoms with Gasteiger partial charge in [0.2, 0.25) is 11.9 Å². The van der Waals surface area contributed by atoms with E-state index in [0.29, 0.717) is 108 Å². The highest BCUT2D eigenvalue weighted by atomic mass is 32.1. The Bertz CT molecular complexity index is 2120. The SMILES string of the molecule is CCOC(=O)C1=C(C)N=c2s/c(=C/c3ccc(Oc4nc(N5CCOCC5)nc(N5CCOCC5)n4)c(OC)c3)c(=O)n2C1c1ccc(OC)cc1. The molecule has 4 aromatic rings. The molecule has 0 amide bonds. The van der Waals surface area contributed by atoms with Gasteiger partial charge in [0.1, 0.15) is 5.75 Å². The Labute approximate surface area is 303 Å². The molecule has 15 nitrogen and oxygen atoms in total. The second kappa shape index (κ2) is 15.5. The van der Waals surface area contributed by atoms with Crippen LogP contribution in [0, 0.1) is 0 Å². The minimum absolute atomic E-state index is 0.128. The molecule has 52 heavy (non-hydrogen) atoms. The lowest BCUT2D eigenvalue weighted by molar-refractivity contribution is -0.139. The van der Waals surface area contributed by atoms with Gasteiger partial charge in [-0.3, -0.25) is 9.36 Å². The van der Waals surface area contributed by atoms with Crippen molar-refractivity contribution in [2.24, 2.45) is 4.99 Å². The van der Waals surface area contributed by atoms with E-state index in [2.05, 4.69) is 24.8 Å². The van der Waals surface area contributed by atoms with Crippen molar-refractivity contribution in [3.8, 4) is 23.3 Å². The van der Waals surface area contributed by atoms with Gasteiger partial charge in [-0.1, -0.05) is 29.5 Å². The van der Waals surface area contributed by atoms with Gasteiger partial charge in [-0.25, -0.2) is 9.79 Å². The zero-order chi connectivity index (χ0) is 36.2. The van der Waals surface area contributed by atoms with Crippen LogP contribution >= 0.6 is 11.3 Å². The number of fused-ring (bicyclic) bond motifs is 1. The van der Waals surface area contributed by atoms with Gasteiger partial charge >= 0.3 is 12.0 Å². The number of anilines is 2. The number of esters is 1. The molecule has 5 heterocycles. The number of nitrogens with zero attached hydrogens (tertiary/aromatic N) is 7. The molecule has 0 spiro atoms. The lowest BCUT2D eigenvalue weighted by Gasteiger charge is -2.30. The monoisotopic (exact) mass is 729 g/mol. The minimum Gasteiger partial charge on any atom is -0.497 e. The number of hydrogen-bond donors (Lipinski definition) is 0. The number of allylic oxidation sites excluding steroid dienone is 1. The molecule has 3 aliphatic rings. The third kappa shape index (κ3) is 7.22. The van der Waals surface area contributed by atoms with Crippen molar-refractivity contribution in [2.75, 3.05) is 83.2 Å². The van der Waals surface area contributed by atoms with Crippen LogP contribution in [0.15, 0.2) is 63.5 Å². The molecule has 0 saturated carbocycles. The summed E-state index contributed by atoms with van der Waals surface area (Å²) in [6.07, 6.45) is 1.76. The summed E-state index contributed by atoms with van der Waals surface area (Å²) in [5.74, 6) is 1.96. The van der Waals surface area contributed by atoms with E-state index < -0.39 is 12.0 Å². The van der Waals surface area contributed by atoms with Crippen LogP contribution in [0.1, 0.15) is 31.0 Å². The van der Waals surface area contributed by atoms with E-state index >= 15 is 0 Å². The van der Waals surface area contributed by atoms with Crippen LogP contribution in [-0.4, -0.2) is 98.9 Å². The highest BCUT2D eigenvalue weighted by molar-refractivity contribution is 7.07. The number of hydrogen-bond acceptors (Lipinski definition) is 15. The topological polar surface area (TPSA) is 152 Å². The van der Waals surface area contributed by atoms with Gasteiger partial charge in [-0.2, -0.15) is 15.0 Å². The van der Waals surface area contributed by atoms with Crippen molar-refractivity contribution >= 4 is 35.3 Å². The number of carbonyl (C=O) groups excluding carboxylic acids is 1. The Balaban J connectivity index is 1.23. The van der Waals surface area contributed by atoms with Crippen molar-refractivity contribution in [2.45, 2.75) is 19.9 Å². The first kappa shape index (κ1) is 35.1. The fourth-order valence-electron chi connectivity index (χ4n) is 6.19. The van der Waals surface area contributed by atoms with Gasteiger partial charge in [-0.15, -0.1) is 0 Å². The lowest BCUT2D eigenvalue weighted by atomic mass is 9.96. The Hall–Kier alpha value is -5.32. The van der Waals surface area contributed by atoms with E-state index in [-0.39, 0.29) is 18.2 Å². The first-order valence-corrected chi connectivity index (χ1v) is 17.8. The number of aromatic nitrogens is 4. The van der Waals surface area contributed by atoms with Crippen molar-refractivity contribution in [1.29, 1.82) is 0 Å². The first-order valence-electron chi connectivity index (χ1n) is 17.0. The average Bonchev–Trinajstić information content (AvgIpc) is 3.48. The molecule has 16 heteroatoms. The van der Waals surface area contributed by atoms with Crippen molar-refractivity contribution < 1.29 is 33.2 Å². The first-order chi connectivity index (χ1) is 25.4. The third-order valence-electron chi connectivity index (χ3n) is 8.81. The Morgan fingerprint density at radius 3 is 2.15 bits per heavy atom. The molecular formula is C36H39N7O8S. The van der Waals surface area contributed by atoms with Crippen LogP contribution in [0.25, 0.3) is 6.08 Å². The van der Waals surface area contributed by atoms with E-state index in [4.69, 9.17) is 33.4 Å². The number of morpholine rings is 2. The standard InChI is InChI=1S/C36H39N7O8S/c1-5-50-32(45)29-22(2)37-36-43(30(29)24-7-9-25(46-3)10-8-24)31(44)28(52-36)21-23-6-11-26(27(20-23)47-4)51-35-39-33(41-12-16-48-17-13-41)38-34(40-35)42-14-18-49-19-15-42/h6-11,20-21,30H,5,12-19H2,1-4H3/b28-21+. The van der Waals surface area contributed by atoms with Gasteiger partial charge in [0, 0.05) is 26.2 Å². The second-order valence-corrected chi connectivity index (χ2v) is 13.0. The maximum atomic E-state index is 14.1. The van der Waals surface area contributed by atoms with Gasteiger partial charge in [0.05, 0.1) is 69.1 Å². The smallest absolute Gasteiger partial charge is 0.338 e. The Kier molecular flexibility index (Phi) is 10.5. The van der Waals surface area contributed by atoms with Crippen molar-refractivity contribution in [1.82, 2.24) is 19.5 Å². The summed E-state index contributed by atoms with van der Waals surface area (Å²) in [6.45, 7) is 8.61. The molecule has 3 aliphatic heterocycles. The third-order valence-corrected chi connectivity index (χ3v) is 9.80. The normalized spacial score (nSPS) is 17.8. The van der Waals surface area contributed by atoms with E-state index in [0.717, 1.165) is 5.56 Å². The summed E-state index contributed by atoms with van der Waals surface area (Å²) in [6, 6.07) is 12.0. The summed E-state index contributed by atoms with van der Waals surface area (Å²) in [4.78, 5) is 50.6. The summed E-state index contributed by atoms with van der Waals surface area (Å²) in [5.41, 5.74) is 1.91. The summed E-state index contributed by atoms with van der Waals surface area (Å²) in [7, 11) is 3.12. The average molecular weight is 730 g/mol. The number of thiazole rings is 1. The summed E-state index contributed by atoms with van der Waals surface area (Å²) in [5, 5.41) is 0. The fraction of sp³-hybridized carbons (Fsp3) is 0.389. The maximum Gasteiger partial charge on any atom is 0.338 e. The molecule has 0 radical (unpaired) electrons. The second-order valence-electron chi connectivity index (χ2n) is 12.0. The zero-order valence-corrected chi connectivity index (χ0v) is 30.2. The predicted octanol–water partition coefficient (Wildman–Crippen LogP) is 2.47. The van der Waals surface area contributed by atoms with Gasteiger partial charge < -0.3 is 38.2 Å². The lowest BCUT2D eigenvalue weighted by Crippen LogP contribution is -2.40. The molecule has 2 fully saturated rings. The molecule has 0 N–H and O–H groups in total. The van der Waals surface area contributed by atoms with Crippen molar-refractivity contribution in [3.05, 3.63) is 84.5 Å². The largest absolute Gasteiger partial charge is 0.497 e. The zero-order valence-electron chi connectivity index (χ0n) is 29.4. The Morgan fingerprint density at radius 1 is 0.904 bits per heavy atom. The van der Waals surface area contributed by atoms with Crippen LogP contribution < -0.4 is 38.9 Å². The summed E-state index contributed by atoms with van der Waals surface area (Å²) >= 11 is 1.24. The molecule has 2 saturated heterocycles. The van der Waals surface area contributed by atoms with Crippen LogP contribution in [0.3, 0.4) is 0 Å². The van der Waals surface area contributed by atoms with Crippen LogP contribution in [-0.2, 0) is 19.0 Å². The number of benzene rings is 2. The molecule has 2 aromatic heterocycles. The molecule has 272 valence electrons. The fourth-order valence-corrected chi connectivity index (χ4v) is 7.24. The number of rotatable bonds is 10. The van der Waals surface area contributed by atoms with E-state index in [1.165, 1.54) is 11.3 Å². The molecule has 1 atom stereocenters. The van der Waals surface area contributed by atoms with E-state index in [1.807, 2.05) is 18.2 Å². The molecule has 1 unspecified atom stereocenters. The molecule has 0 bridgehead atoms. The minimum atomic E-state index is -0.737. The molecule has 7 rings (SSSR count). The van der Waals surface area contributed by atoms with Crippen LogP contribution in [0.5, 0.6) is 23.3 Å². The molecule has 2 aromatic carbocycles. The Morgan fingerprint density at radius 2 is 1.56 bits per heavy atom. The van der Waals surface area contributed by atoms with Crippen LogP contribution in [0.2, 0.25) is 0 Å². The summed E-state index contributed by atoms with van der Waals surface area (Å²) < 4.78 is 35.8. The molecule has 0 aliphatic carbocycles. The number of carbonyl (C=O) groups is 1. The molecular weight excluding hydrogens is 691 g/mol. The quantitative estimate of drug-likeness (QED) is 0.220. The van der Waals surface area contributed by atoms with E-state index in [9.17, 15) is 9.59 Å². The van der Waals surface area contributed by atoms with E-state index in [1.54, 1.807) is 63.0 Å². The van der Waals surface area contributed by atoms with Gasteiger partial charge in [0.25, 0.3) is 5.56 Å². The van der Waals surface area contributed by atoms with Crippen LogP contribution in [0.4, 0.5) is 11.9 Å². The highest BCUT2D eigenvalue weighted by Gasteiger charge is 2.33. The predicted molar refractivity (Wildman–Crippen MR) is 192 cm³/mol.